The van der Waals surface area contributed by atoms with E-state index >= 15 is 0 Å². The molecule has 0 spiro atoms. The highest BCUT2D eigenvalue weighted by Gasteiger charge is 2.39. The number of thiol groups is 1. The molecule has 5 heteroatoms. The molecule has 147 valence electrons. The summed E-state index contributed by atoms with van der Waals surface area (Å²) in [6, 6.07) is 0. The molecule has 0 aliphatic heterocycles. The predicted molar refractivity (Wildman–Crippen MR) is 120 cm³/mol. The SMILES string of the molecule is CCC(C)C(C)(C)C(C)C(=O)NC(S)C([B]C(C)(C)C(C)(C)C)SC. The zero-order valence-electron chi connectivity index (χ0n) is 18.4. The molecule has 0 aromatic carbocycles. The van der Waals surface area contributed by atoms with Gasteiger partial charge in [-0.15, -0.1) is 0 Å². The van der Waals surface area contributed by atoms with E-state index in [9.17, 15) is 4.79 Å². The van der Waals surface area contributed by atoms with Crippen LogP contribution in [0.4, 0.5) is 0 Å². The molecule has 0 aliphatic rings. The lowest BCUT2D eigenvalue weighted by Gasteiger charge is -2.42. The van der Waals surface area contributed by atoms with Crippen LogP contribution in [0.3, 0.4) is 0 Å². The zero-order chi connectivity index (χ0) is 20.2. The first-order chi connectivity index (χ1) is 11.1. The zero-order valence-corrected chi connectivity index (χ0v) is 20.1. The molecule has 1 radical (unpaired) electrons. The fraction of sp³-hybridized carbons (Fsp3) is 0.950. The van der Waals surface area contributed by atoms with Gasteiger partial charge in [0, 0.05) is 11.1 Å². The van der Waals surface area contributed by atoms with E-state index in [1.807, 2.05) is 6.92 Å². The predicted octanol–water partition coefficient (Wildman–Crippen LogP) is 5.70. The van der Waals surface area contributed by atoms with Gasteiger partial charge in [-0.25, -0.2) is 0 Å². The van der Waals surface area contributed by atoms with Gasteiger partial charge in [-0.1, -0.05) is 81.0 Å². The third kappa shape index (κ3) is 6.72. The number of nitrogens with one attached hydrogen (secondary N) is 1. The molecular formula is C20H41BNOS2. The number of carbonyl (C=O) groups excluding carboxylic acids is 1. The Kier molecular flexibility index (Phi) is 9.53. The highest BCUT2D eigenvalue weighted by Crippen LogP contribution is 2.45. The Labute approximate surface area is 168 Å². The van der Waals surface area contributed by atoms with Crippen LogP contribution in [-0.4, -0.2) is 30.0 Å². The molecular weight excluding hydrogens is 345 g/mol. The summed E-state index contributed by atoms with van der Waals surface area (Å²) in [6.45, 7) is 22.1. The lowest BCUT2D eigenvalue weighted by atomic mass is 9.43. The maximum atomic E-state index is 12.8. The van der Waals surface area contributed by atoms with Gasteiger partial charge in [0.1, 0.15) is 7.28 Å². The summed E-state index contributed by atoms with van der Waals surface area (Å²) in [5.41, 5.74) is 0.125. The highest BCUT2D eigenvalue weighted by molar-refractivity contribution is 8.01. The standard InChI is InChI=1S/C20H41BNOS2/c1-12-13(2)19(7,8)14(3)16(23)22-17(24)15(25-11)21-20(9,10)18(4,5)6/h13-15,17,24H,12H2,1-11H3,(H,22,23). The molecule has 1 N–H and O–H groups in total. The number of amides is 1. The topological polar surface area (TPSA) is 29.1 Å². The van der Waals surface area contributed by atoms with Crippen molar-refractivity contribution in [1.82, 2.24) is 5.32 Å². The monoisotopic (exact) mass is 386 g/mol. The van der Waals surface area contributed by atoms with Gasteiger partial charge < -0.3 is 5.32 Å². The second-order valence-corrected chi connectivity index (χ2v) is 11.2. The fourth-order valence-electron chi connectivity index (χ4n) is 2.59. The second kappa shape index (κ2) is 9.44. The van der Waals surface area contributed by atoms with Crippen LogP contribution in [0.25, 0.3) is 0 Å². The smallest absolute Gasteiger partial charge is 0.224 e. The molecule has 0 saturated carbocycles. The van der Waals surface area contributed by atoms with Gasteiger partial charge in [0.2, 0.25) is 5.91 Å². The number of carbonyl (C=O) groups is 1. The Bertz CT molecular complexity index is 432. The molecule has 25 heavy (non-hydrogen) atoms. The van der Waals surface area contributed by atoms with Crippen molar-refractivity contribution in [3.63, 3.8) is 0 Å². The van der Waals surface area contributed by atoms with Crippen molar-refractivity contribution < 1.29 is 4.79 Å². The van der Waals surface area contributed by atoms with Gasteiger partial charge in [-0.2, -0.15) is 24.4 Å². The van der Waals surface area contributed by atoms with E-state index in [0.29, 0.717) is 5.92 Å². The van der Waals surface area contributed by atoms with Gasteiger partial charge >= 0.3 is 0 Å². The Morgan fingerprint density at radius 1 is 1.12 bits per heavy atom. The molecule has 0 heterocycles. The van der Waals surface area contributed by atoms with Gasteiger partial charge in [0.15, 0.2) is 0 Å². The average molecular weight is 387 g/mol. The molecule has 4 unspecified atom stereocenters. The normalized spacial score (nSPS) is 18.2. The summed E-state index contributed by atoms with van der Waals surface area (Å²) < 4.78 is 0. The third-order valence-electron chi connectivity index (χ3n) is 6.78. The first-order valence-corrected chi connectivity index (χ1v) is 11.3. The van der Waals surface area contributed by atoms with Gasteiger partial charge in [-0.05, 0) is 23.0 Å². The van der Waals surface area contributed by atoms with E-state index in [2.05, 4.69) is 81.2 Å². The maximum absolute atomic E-state index is 12.8. The Morgan fingerprint density at radius 3 is 1.96 bits per heavy atom. The Balaban J connectivity index is 5.05. The summed E-state index contributed by atoms with van der Waals surface area (Å²) in [7, 11) is 2.35. The highest BCUT2D eigenvalue weighted by atomic mass is 32.2. The number of hydrogen-bond donors (Lipinski definition) is 2. The largest absolute Gasteiger partial charge is 0.344 e. The van der Waals surface area contributed by atoms with Crippen molar-refractivity contribution in [3.05, 3.63) is 0 Å². The summed E-state index contributed by atoms with van der Waals surface area (Å²) in [5.74, 6) is 0.552. The summed E-state index contributed by atoms with van der Waals surface area (Å²) >= 11 is 6.48. The van der Waals surface area contributed by atoms with Crippen LogP contribution < -0.4 is 5.32 Å². The first kappa shape index (κ1) is 25.2. The molecule has 0 aliphatic carbocycles. The minimum absolute atomic E-state index is 0.0322. The lowest BCUT2D eigenvalue weighted by molar-refractivity contribution is -0.129. The van der Waals surface area contributed by atoms with E-state index in [1.165, 1.54) is 0 Å². The van der Waals surface area contributed by atoms with Gasteiger partial charge in [0.25, 0.3) is 0 Å². The average Bonchev–Trinajstić information content (AvgIpc) is 2.49. The molecule has 0 saturated heterocycles. The summed E-state index contributed by atoms with van der Waals surface area (Å²) in [4.78, 5) is 12.8. The minimum atomic E-state index is -0.181. The van der Waals surface area contributed by atoms with Crippen LogP contribution in [-0.2, 0) is 4.79 Å². The molecule has 0 rings (SSSR count). The molecule has 0 bridgehead atoms. The first-order valence-electron chi connectivity index (χ1n) is 9.49. The quantitative estimate of drug-likeness (QED) is 0.302. The van der Waals surface area contributed by atoms with Crippen molar-refractivity contribution in [1.29, 1.82) is 0 Å². The van der Waals surface area contributed by atoms with Crippen LogP contribution in [0, 0.1) is 22.7 Å². The Hall–Kier alpha value is 0.235. The second-order valence-electron chi connectivity index (χ2n) is 9.64. The van der Waals surface area contributed by atoms with Crippen molar-refractivity contribution >= 4 is 37.6 Å². The Morgan fingerprint density at radius 2 is 1.60 bits per heavy atom. The number of rotatable bonds is 9. The molecule has 0 aromatic rings. The van der Waals surface area contributed by atoms with Crippen molar-refractivity contribution in [2.75, 3.05) is 6.26 Å². The van der Waals surface area contributed by atoms with Crippen molar-refractivity contribution in [3.8, 4) is 0 Å². The third-order valence-corrected chi connectivity index (χ3v) is 8.38. The van der Waals surface area contributed by atoms with Crippen LogP contribution in [0.2, 0.25) is 5.31 Å². The number of thioether (sulfide) groups is 1. The summed E-state index contributed by atoms with van der Waals surface area (Å²) in [5, 5.41) is 3.20. The van der Waals surface area contributed by atoms with Crippen molar-refractivity contribution in [2.45, 2.75) is 91.5 Å². The van der Waals surface area contributed by atoms with Crippen LogP contribution in [0.5, 0.6) is 0 Å². The van der Waals surface area contributed by atoms with E-state index in [4.69, 9.17) is 12.6 Å². The molecule has 0 aromatic heterocycles. The van der Waals surface area contributed by atoms with Crippen LogP contribution in [0.1, 0.15) is 75.7 Å². The lowest BCUT2D eigenvalue weighted by Crippen LogP contribution is -2.49. The van der Waals surface area contributed by atoms with E-state index < -0.39 is 0 Å². The minimum Gasteiger partial charge on any atom is -0.344 e. The van der Waals surface area contributed by atoms with Crippen molar-refractivity contribution in [2.24, 2.45) is 22.7 Å². The van der Waals surface area contributed by atoms with Crippen LogP contribution in [0.15, 0.2) is 0 Å². The number of hydrogen-bond acceptors (Lipinski definition) is 3. The van der Waals surface area contributed by atoms with E-state index in [0.717, 1.165) is 6.42 Å². The molecule has 2 nitrogen and oxygen atoms in total. The fourth-order valence-corrected chi connectivity index (χ4v) is 3.97. The maximum Gasteiger partial charge on any atom is 0.224 e. The molecule has 1 amide bonds. The molecule has 0 fully saturated rings. The van der Waals surface area contributed by atoms with Crippen LogP contribution >= 0.6 is 24.4 Å². The van der Waals surface area contributed by atoms with E-state index in [-0.39, 0.29) is 38.5 Å². The van der Waals surface area contributed by atoms with E-state index in [1.54, 1.807) is 11.8 Å². The van der Waals surface area contributed by atoms with Gasteiger partial charge in [-0.3, -0.25) is 4.79 Å². The molecule has 4 atom stereocenters. The summed E-state index contributed by atoms with van der Waals surface area (Å²) in [6.07, 6.45) is 3.16. The van der Waals surface area contributed by atoms with Gasteiger partial charge in [0.05, 0.1) is 5.37 Å².